The van der Waals surface area contributed by atoms with E-state index in [1.165, 1.54) is 11.3 Å². The second-order valence-electron chi connectivity index (χ2n) is 7.35. The van der Waals surface area contributed by atoms with Gasteiger partial charge in [-0.3, -0.25) is 4.79 Å². The van der Waals surface area contributed by atoms with Crippen molar-refractivity contribution < 1.29 is 9.53 Å². The van der Waals surface area contributed by atoms with Crippen LogP contribution in [0.5, 0.6) is 0 Å². The van der Waals surface area contributed by atoms with Crippen LogP contribution in [0.3, 0.4) is 0 Å². The number of carbonyl (C=O) groups is 1. The highest BCUT2D eigenvalue weighted by atomic mass is 32.1. The van der Waals surface area contributed by atoms with E-state index in [9.17, 15) is 9.59 Å². The molecule has 0 amide bonds. The summed E-state index contributed by atoms with van der Waals surface area (Å²) in [6.07, 6.45) is 1.68. The van der Waals surface area contributed by atoms with E-state index in [4.69, 9.17) is 4.74 Å². The molecule has 0 saturated heterocycles. The highest BCUT2D eigenvalue weighted by Crippen LogP contribution is 2.38. The Balaban J connectivity index is 1.61. The third-order valence-corrected chi connectivity index (χ3v) is 6.44. The smallest absolute Gasteiger partial charge is 0.340 e. The molecule has 0 unspecified atom stereocenters. The maximum atomic E-state index is 12.7. The summed E-state index contributed by atoms with van der Waals surface area (Å²) in [6.45, 7) is 9.59. The molecule has 0 aliphatic heterocycles. The van der Waals surface area contributed by atoms with Crippen molar-refractivity contribution in [1.82, 2.24) is 14.5 Å². The number of aromatic amines is 1. The van der Waals surface area contributed by atoms with Gasteiger partial charge >= 0.3 is 5.97 Å². The first kappa shape index (κ1) is 18.0. The summed E-state index contributed by atoms with van der Waals surface area (Å²) in [6, 6.07) is 2.39. The zero-order chi connectivity index (χ0) is 19.5. The van der Waals surface area contributed by atoms with E-state index in [0.29, 0.717) is 27.6 Å². The Bertz CT molecular complexity index is 1120. The number of esters is 1. The van der Waals surface area contributed by atoms with Crippen molar-refractivity contribution in [3.05, 3.63) is 49.6 Å². The molecule has 3 heterocycles. The Morgan fingerprint density at radius 3 is 2.70 bits per heavy atom. The molecule has 1 N–H and O–H groups in total. The fourth-order valence-corrected chi connectivity index (χ4v) is 4.66. The van der Waals surface area contributed by atoms with Crippen molar-refractivity contribution in [2.24, 2.45) is 0 Å². The van der Waals surface area contributed by atoms with Gasteiger partial charge in [-0.15, -0.1) is 11.3 Å². The van der Waals surface area contributed by atoms with Gasteiger partial charge in [0.1, 0.15) is 4.83 Å². The van der Waals surface area contributed by atoms with E-state index >= 15 is 0 Å². The van der Waals surface area contributed by atoms with Crippen LogP contribution >= 0.6 is 11.3 Å². The van der Waals surface area contributed by atoms with Crippen LogP contribution in [0.2, 0.25) is 0 Å². The van der Waals surface area contributed by atoms with Crippen molar-refractivity contribution >= 4 is 27.5 Å². The van der Waals surface area contributed by atoms with E-state index in [1.807, 2.05) is 33.8 Å². The Labute approximate surface area is 161 Å². The van der Waals surface area contributed by atoms with Crippen LogP contribution in [0, 0.1) is 27.7 Å². The fraction of sp³-hybridized carbons (Fsp3) is 0.450. The number of carbonyl (C=O) groups excluding carboxylic acids is 1. The molecule has 142 valence electrons. The van der Waals surface area contributed by atoms with Gasteiger partial charge in [0, 0.05) is 22.3 Å². The van der Waals surface area contributed by atoms with Gasteiger partial charge in [-0.25, -0.2) is 9.78 Å². The van der Waals surface area contributed by atoms with E-state index in [1.54, 1.807) is 6.92 Å². The SMILES string of the molecule is Cc1sc2nc([C@H](C)OC(=O)c3cc(C)n(C4CC4)c3C)[nH]c(=O)c2c1C. The molecule has 1 aliphatic carbocycles. The van der Waals surface area contributed by atoms with Crippen LogP contribution < -0.4 is 5.56 Å². The number of hydrogen-bond acceptors (Lipinski definition) is 5. The first-order chi connectivity index (χ1) is 12.8. The second-order valence-corrected chi connectivity index (χ2v) is 8.55. The molecule has 1 atom stereocenters. The average molecular weight is 385 g/mol. The number of aromatic nitrogens is 3. The highest BCUT2D eigenvalue weighted by Gasteiger charge is 2.29. The molecule has 3 aromatic heterocycles. The van der Waals surface area contributed by atoms with Gasteiger partial charge in [0.25, 0.3) is 5.56 Å². The van der Waals surface area contributed by atoms with E-state index in [-0.39, 0.29) is 11.5 Å². The van der Waals surface area contributed by atoms with Gasteiger partial charge < -0.3 is 14.3 Å². The van der Waals surface area contributed by atoms with Gasteiger partial charge in [0.05, 0.1) is 10.9 Å². The van der Waals surface area contributed by atoms with Crippen molar-refractivity contribution in [1.29, 1.82) is 0 Å². The van der Waals surface area contributed by atoms with Crippen LogP contribution in [0.25, 0.3) is 10.2 Å². The number of nitrogens with one attached hydrogen (secondary N) is 1. The Hall–Kier alpha value is -2.41. The number of rotatable bonds is 4. The van der Waals surface area contributed by atoms with E-state index in [2.05, 4.69) is 14.5 Å². The van der Waals surface area contributed by atoms with Gasteiger partial charge in [-0.1, -0.05) is 0 Å². The second kappa shape index (κ2) is 6.34. The normalized spacial score (nSPS) is 15.3. The van der Waals surface area contributed by atoms with E-state index < -0.39 is 6.10 Å². The topological polar surface area (TPSA) is 77.0 Å². The van der Waals surface area contributed by atoms with Crippen molar-refractivity contribution in [3.8, 4) is 0 Å². The quantitative estimate of drug-likeness (QED) is 0.680. The molecule has 0 radical (unpaired) electrons. The standard InChI is InChI=1S/C20H23N3O3S/c1-9-8-15(11(3)23(9)14-6-7-14)20(25)26-12(4)17-21-18(24)16-10(2)13(5)27-19(16)22-17/h8,12,14H,6-7H2,1-5H3,(H,21,22,24)/t12-/m0/s1. The maximum Gasteiger partial charge on any atom is 0.340 e. The molecule has 3 aromatic rings. The van der Waals surface area contributed by atoms with Crippen molar-refractivity contribution in [2.75, 3.05) is 0 Å². The predicted octanol–water partition coefficient (Wildman–Crippen LogP) is 4.27. The molecule has 1 aliphatic rings. The Morgan fingerprint density at radius 2 is 2.04 bits per heavy atom. The minimum Gasteiger partial charge on any atom is -0.451 e. The highest BCUT2D eigenvalue weighted by molar-refractivity contribution is 7.18. The minimum atomic E-state index is -0.638. The summed E-state index contributed by atoms with van der Waals surface area (Å²) < 4.78 is 7.85. The molecular formula is C20H23N3O3S. The monoisotopic (exact) mass is 385 g/mol. The van der Waals surface area contributed by atoms with Crippen LogP contribution in [0.1, 0.15) is 69.9 Å². The van der Waals surface area contributed by atoms with Crippen LogP contribution in [0.15, 0.2) is 10.9 Å². The molecule has 1 saturated carbocycles. The summed E-state index contributed by atoms with van der Waals surface area (Å²) in [5.74, 6) is -0.0121. The molecule has 0 spiro atoms. The summed E-state index contributed by atoms with van der Waals surface area (Å²) in [4.78, 5) is 34.2. The zero-order valence-corrected chi connectivity index (χ0v) is 17.0. The third kappa shape index (κ3) is 3.00. The summed E-state index contributed by atoms with van der Waals surface area (Å²) in [5.41, 5.74) is 3.36. The predicted molar refractivity (Wildman–Crippen MR) is 106 cm³/mol. The lowest BCUT2D eigenvalue weighted by atomic mass is 10.2. The molecule has 0 aromatic carbocycles. The number of aryl methyl sites for hydroxylation is 3. The first-order valence-electron chi connectivity index (χ1n) is 9.17. The van der Waals surface area contributed by atoms with Gasteiger partial charge in [-0.05, 0) is 59.1 Å². The average Bonchev–Trinajstić information content (AvgIpc) is 3.32. The fourth-order valence-electron chi connectivity index (χ4n) is 3.62. The summed E-state index contributed by atoms with van der Waals surface area (Å²) in [5, 5.41) is 0.618. The number of hydrogen-bond donors (Lipinski definition) is 1. The first-order valence-corrected chi connectivity index (χ1v) is 9.99. The maximum absolute atomic E-state index is 12.7. The van der Waals surface area contributed by atoms with Crippen LogP contribution in [-0.4, -0.2) is 20.5 Å². The molecule has 1 fully saturated rings. The number of thiophene rings is 1. The van der Waals surface area contributed by atoms with Crippen LogP contribution in [0.4, 0.5) is 0 Å². The largest absolute Gasteiger partial charge is 0.451 e. The lowest BCUT2D eigenvalue weighted by molar-refractivity contribution is 0.0319. The van der Waals surface area contributed by atoms with Gasteiger partial charge in [-0.2, -0.15) is 0 Å². The Kier molecular flexibility index (Phi) is 4.22. The van der Waals surface area contributed by atoms with Gasteiger partial charge in [0.15, 0.2) is 11.9 Å². The lowest BCUT2D eigenvalue weighted by Crippen LogP contribution is -2.17. The number of fused-ring (bicyclic) bond motifs is 1. The van der Waals surface area contributed by atoms with E-state index in [0.717, 1.165) is 34.7 Å². The van der Waals surface area contributed by atoms with Crippen LogP contribution in [-0.2, 0) is 4.74 Å². The Morgan fingerprint density at radius 1 is 1.33 bits per heavy atom. The number of ether oxygens (including phenoxy) is 1. The third-order valence-electron chi connectivity index (χ3n) is 5.34. The minimum absolute atomic E-state index is 0.188. The summed E-state index contributed by atoms with van der Waals surface area (Å²) >= 11 is 1.48. The lowest BCUT2D eigenvalue weighted by Gasteiger charge is -2.13. The summed E-state index contributed by atoms with van der Waals surface area (Å²) in [7, 11) is 0. The van der Waals surface area contributed by atoms with Crippen molar-refractivity contribution in [3.63, 3.8) is 0 Å². The molecule has 27 heavy (non-hydrogen) atoms. The number of nitrogens with zero attached hydrogens (tertiary/aromatic N) is 2. The molecule has 4 rings (SSSR count). The number of H-pyrrole nitrogens is 1. The molecule has 7 heteroatoms. The molecule has 0 bridgehead atoms. The zero-order valence-electron chi connectivity index (χ0n) is 16.2. The van der Waals surface area contributed by atoms with Crippen molar-refractivity contribution in [2.45, 2.75) is 59.6 Å². The molecule has 6 nitrogen and oxygen atoms in total. The van der Waals surface area contributed by atoms with Gasteiger partial charge in [0.2, 0.25) is 0 Å². The molecular weight excluding hydrogens is 362 g/mol.